The molecule has 0 N–H and O–H groups in total. The number of rotatable bonds is 9. The number of aryl methyl sites for hydroxylation is 1. The Balaban J connectivity index is 0.000000199. The summed E-state index contributed by atoms with van der Waals surface area (Å²) in [6, 6.07) is 66.8. The molecule has 365 valence electrons. The van der Waals surface area contributed by atoms with Gasteiger partial charge < -0.3 is 13.6 Å². The normalized spacial score (nSPS) is 12.5. The van der Waals surface area contributed by atoms with Gasteiger partial charge in [0.05, 0.1) is 39.3 Å². The molecule has 0 spiro atoms. The molecule has 0 saturated carbocycles. The minimum Gasteiger partial charge on any atom is -0.501 e. The summed E-state index contributed by atoms with van der Waals surface area (Å²) < 4.78 is 35.7. The van der Waals surface area contributed by atoms with Crippen molar-refractivity contribution in [2.24, 2.45) is 0 Å². The second-order valence-corrected chi connectivity index (χ2v) is 20.1. The van der Waals surface area contributed by atoms with Crippen molar-refractivity contribution in [3.63, 3.8) is 0 Å². The van der Waals surface area contributed by atoms with Crippen molar-refractivity contribution in [3.05, 3.63) is 216 Å². The minimum absolute atomic E-state index is 0. The third kappa shape index (κ3) is 8.91. The van der Waals surface area contributed by atoms with E-state index in [1.807, 2.05) is 54.6 Å². The second-order valence-electron chi connectivity index (χ2n) is 20.1. The molecule has 5 nitrogen and oxygen atoms in total. The van der Waals surface area contributed by atoms with Gasteiger partial charge in [-0.25, -0.2) is 0 Å². The molecule has 1 radical (unpaired) electrons. The Bertz CT molecular complexity index is 4020. The number of hydrogen-bond acceptors (Lipinski definition) is 3. The number of fused-ring (bicyclic) bond motifs is 6. The molecule has 0 fully saturated rings. The van der Waals surface area contributed by atoms with Crippen LogP contribution in [0.4, 0.5) is 0 Å². The first-order valence-corrected chi connectivity index (χ1v) is 25.3. The van der Waals surface area contributed by atoms with E-state index in [0.717, 1.165) is 66.7 Å². The van der Waals surface area contributed by atoms with Gasteiger partial charge in [-0.1, -0.05) is 157 Å². The predicted octanol–water partition coefficient (Wildman–Crippen LogP) is 18.5. The van der Waals surface area contributed by atoms with Gasteiger partial charge in [-0.05, 0) is 129 Å². The third-order valence-corrected chi connectivity index (χ3v) is 14.0. The number of furan rings is 1. The quantitative estimate of drug-likeness (QED) is 0.135. The van der Waals surface area contributed by atoms with Gasteiger partial charge in [0.2, 0.25) is 0 Å². The molecule has 0 atom stereocenters. The molecule has 0 saturated heterocycles. The van der Waals surface area contributed by atoms with Gasteiger partial charge in [0.15, 0.2) is 0 Å². The number of para-hydroxylation sites is 5. The van der Waals surface area contributed by atoms with Crippen LogP contribution < -0.4 is 0 Å². The molecule has 6 heteroatoms. The maximum atomic E-state index is 8.12. The standard InChI is InChI=1S/C42H35N2O.C25H25N2.Ir/c1-25(2)33-22-30(28-14-7-6-8-15-28)23-34(26(3)4)40(33)44-38-20-10-9-19-37(38)43-42(44)32-18-12-17-31-36-21-29-16-11-13-27(5)35(29)24-39(36)45-41(31)32;1-17(2)20-13-10-14-21(18(3)4)24(20)27-23-16-9-8-15-22(23)26-25(27)19-11-6-5-7-12-19;/h6-17,19-26H,1-5H3;5-11,13-18H,1-4H3;/q2*-1;/i5D3;;. The van der Waals surface area contributed by atoms with Crippen molar-refractivity contribution in [1.82, 2.24) is 19.1 Å². The van der Waals surface area contributed by atoms with Crippen molar-refractivity contribution < 1.29 is 28.6 Å². The predicted molar refractivity (Wildman–Crippen MR) is 302 cm³/mol. The monoisotopic (exact) mass is 1130 g/mol. The summed E-state index contributed by atoms with van der Waals surface area (Å²) in [5, 5.41) is 3.40. The van der Waals surface area contributed by atoms with Crippen LogP contribution in [0.5, 0.6) is 0 Å². The molecule has 0 amide bonds. The van der Waals surface area contributed by atoms with E-state index < -0.39 is 6.85 Å². The van der Waals surface area contributed by atoms with Crippen LogP contribution in [-0.4, -0.2) is 19.1 Å². The second kappa shape index (κ2) is 20.3. The Morgan fingerprint density at radius 2 is 1.05 bits per heavy atom. The van der Waals surface area contributed by atoms with Gasteiger partial charge in [0, 0.05) is 41.0 Å². The summed E-state index contributed by atoms with van der Waals surface area (Å²) in [5.41, 5.74) is 17.4. The van der Waals surface area contributed by atoms with Gasteiger partial charge in [-0.3, -0.25) is 9.97 Å². The zero-order valence-electron chi connectivity index (χ0n) is 45.6. The molecule has 0 aliphatic rings. The maximum absolute atomic E-state index is 8.12. The Morgan fingerprint density at radius 1 is 0.479 bits per heavy atom. The molecule has 3 aromatic heterocycles. The molecule has 0 unspecified atom stereocenters. The largest absolute Gasteiger partial charge is 0.501 e. The molecule has 12 rings (SSSR count). The van der Waals surface area contributed by atoms with Gasteiger partial charge >= 0.3 is 0 Å². The SMILES string of the molecule is CC(C)c1cccc(C(C)C)c1-n1c(-c2[c-]cccc2)nc2ccccc21.[2H]C([2H])([2H])c1cccc2cc3c(cc12)oc1c(-c2nc4ccccc4n2-c2c(C(C)C)cc(-c4ccccc4)cc2C(C)C)[c-]ccc13.[Ir]. The van der Waals surface area contributed by atoms with E-state index in [9.17, 15) is 0 Å². The fourth-order valence-electron chi connectivity index (χ4n) is 10.5. The molecule has 73 heavy (non-hydrogen) atoms. The molecule has 0 aliphatic heterocycles. The van der Waals surface area contributed by atoms with Gasteiger partial charge in [-0.15, -0.1) is 54.1 Å². The van der Waals surface area contributed by atoms with Crippen LogP contribution in [0, 0.1) is 19.0 Å². The zero-order valence-corrected chi connectivity index (χ0v) is 45.0. The van der Waals surface area contributed by atoms with Crippen LogP contribution >= 0.6 is 0 Å². The average molecular weight is 1130 g/mol. The van der Waals surface area contributed by atoms with Crippen molar-refractivity contribution in [3.8, 4) is 45.3 Å². The van der Waals surface area contributed by atoms with E-state index in [2.05, 4.69) is 186 Å². The van der Waals surface area contributed by atoms with E-state index in [0.29, 0.717) is 34.0 Å². The molecule has 0 aliphatic carbocycles. The first kappa shape index (κ1) is 45.5. The van der Waals surface area contributed by atoms with Crippen LogP contribution in [0.25, 0.3) is 100 Å². The third-order valence-electron chi connectivity index (χ3n) is 14.0. The Hall–Kier alpha value is -7.37. The topological polar surface area (TPSA) is 48.8 Å². The van der Waals surface area contributed by atoms with Crippen LogP contribution in [0.15, 0.2) is 180 Å². The van der Waals surface area contributed by atoms with Gasteiger partial charge in [-0.2, -0.15) is 0 Å². The maximum Gasteiger partial charge on any atom is 0.121 e. The number of nitrogens with zero attached hydrogens (tertiary/aromatic N) is 4. The summed E-state index contributed by atoms with van der Waals surface area (Å²) in [5.74, 6) is 3.03. The molecule has 0 bridgehead atoms. The number of imidazole rings is 2. The van der Waals surface area contributed by atoms with E-state index in [1.165, 1.54) is 39.1 Å². The van der Waals surface area contributed by atoms with E-state index in [4.69, 9.17) is 18.5 Å². The summed E-state index contributed by atoms with van der Waals surface area (Å²) in [4.78, 5) is 10.3. The van der Waals surface area contributed by atoms with Crippen LogP contribution in [0.3, 0.4) is 0 Å². The van der Waals surface area contributed by atoms with Gasteiger partial charge in [0.1, 0.15) is 5.58 Å². The molecule has 9 aromatic carbocycles. The van der Waals surface area contributed by atoms with Crippen molar-refractivity contribution in [2.45, 2.75) is 85.9 Å². The van der Waals surface area contributed by atoms with Crippen LogP contribution in [-0.2, 0) is 20.1 Å². The molecule has 12 aromatic rings. The Morgan fingerprint density at radius 3 is 1.67 bits per heavy atom. The average Bonchev–Trinajstić information content (AvgIpc) is 4.23. The molecule has 3 heterocycles. The van der Waals surface area contributed by atoms with Crippen molar-refractivity contribution in [2.75, 3.05) is 0 Å². The summed E-state index contributed by atoms with van der Waals surface area (Å²) in [7, 11) is 0. The summed E-state index contributed by atoms with van der Waals surface area (Å²) in [6.45, 7) is 15.8. The van der Waals surface area contributed by atoms with E-state index in [-0.39, 0.29) is 31.9 Å². The molecular formula is C67H60IrN4O-2. The minimum atomic E-state index is -2.23. The van der Waals surface area contributed by atoms with E-state index in [1.54, 1.807) is 12.1 Å². The van der Waals surface area contributed by atoms with Gasteiger partial charge in [0.25, 0.3) is 0 Å². The smallest absolute Gasteiger partial charge is 0.121 e. The van der Waals surface area contributed by atoms with Crippen molar-refractivity contribution >= 4 is 54.8 Å². The summed E-state index contributed by atoms with van der Waals surface area (Å²) >= 11 is 0. The number of benzene rings is 9. The van der Waals surface area contributed by atoms with Crippen molar-refractivity contribution in [1.29, 1.82) is 0 Å². The number of aromatic nitrogens is 4. The molecular weight excluding hydrogens is 1070 g/mol. The fraction of sp³-hybridized carbons (Fsp3) is 0.194. The van der Waals surface area contributed by atoms with Crippen LogP contribution in [0.2, 0.25) is 0 Å². The Labute approximate surface area is 447 Å². The first-order chi connectivity index (χ1) is 36.2. The number of hydrogen-bond donors (Lipinski definition) is 0. The van der Waals surface area contributed by atoms with E-state index >= 15 is 0 Å². The fourth-order valence-corrected chi connectivity index (χ4v) is 10.5. The summed E-state index contributed by atoms with van der Waals surface area (Å²) in [6.07, 6.45) is 0. The zero-order chi connectivity index (χ0) is 52.3. The van der Waals surface area contributed by atoms with Crippen LogP contribution in [0.1, 0.15) is 111 Å². The Kier molecular flexibility index (Phi) is 12.6. The first-order valence-electron chi connectivity index (χ1n) is 26.8.